The third kappa shape index (κ3) is 3.41. The molecule has 0 aliphatic heterocycles. The van der Waals surface area contributed by atoms with E-state index in [1.54, 1.807) is 14.0 Å². The number of ether oxygens (including phenoxy) is 1. The summed E-state index contributed by atoms with van der Waals surface area (Å²) in [7, 11) is 6.85. The van der Waals surface area contributed by atoms with E-state index in [0.717, 1.165) is 10.3 Å². The summed E-state index contributed by atoms with van der Waals surface area (Å²) in [5, 5.41) is 0.244. The molecule has 3 aromatic rings. The van der Waals surface area contributed by atoms with Gasteiger partial charge in [0.05, 0.1) is 7.05 Å². The number of H-pyrrole nitrogens is 1. The fraction of sp³-hybridized carbons (Fsp3) is 0.273. The number of fused-ring (bicyclic) bond motifs is 1. The van der Waals surface area contributed by atoms with E-state index in [-0.39, 0.29) is 17.6 Å². The van der Waals surface area contributed by atoms with Crippen LogP contribution in [0.3, 0.4) is 0 Å². The molecule has 0 fully saturated rings. The highest BCUT2D eigenvalue weighted by Crippen LogP contribution is 2.31. The minimum atomic E-state index is -0.576. The van der Waals surface area contributed by atoms with Crippen LogP contribution in [0.1, 0.15) is 16.1 Å². The lowest BCUT2D eigenvalue weighted by molar-refractivity contribution is -0.359. The zero-order valence-corrected chi connectivity index (χ0v) is 17.8. The minimum absolute atomic E-state index is 0.0423. The number of anilines is 1. The summed E-state index contributed by atoms with van der Waals surface area (Å²) < 4.78 is 7.68. The fourth-order valence-corrected chi connectivity index (χ4v) is 3.45. The molecule has 1 aromatic carbocycles. The van der Waals surface area contributed by atoms with Crippen molar-refractivity contribution in [2.45, 2.75) is 6.92 Å². The van der Waals surface area contributed by atoms with E-state index in [2.05, 4.69) is 11.6 Å². The first-order valence-electron chi connectivity index (χ1n) is 9.40. The number of hydrogen-bond donors (Lipinski definition) is 0. The van der Waals surface area contributed by atoms with Crippen LogP contribution in [0.2, 0.25) is 0 Å². The number of hydrogen-bond acceptors (Lipinski definition) is 5. The Morgan fingerprint density at radius 1 is 1.17 bits per heavy atom. The van der Waals surface area contributed by atoms with Gasteiger partial charge in [-0.2, -0.15) is 4.57 Å². The topological polar surface area (TPSA) is 87.7 Å². The van der Waals surface area contributed by atoms with Crippen molar-refractivity contribution in [2.75, 3.05) is 25.6 Å². The van der Waals surface area contributed by atoms with Gasteiger partial charge in [-0.15, -0.1) is 0 Å². The van der Waals surface area contributed by atoms with Gasteiger partial charge in [0.2, 0.25) is 0 Å². The average molecular weight is 409 g/mol. The number of esters is 1. The van der Waals surface area contributed by atoms with Crippen molar-refractivity contribution in [1.82, 2.24) is 9.13 Å². The molecule has 0 saturated carbocycles. The van der Waals surface area contributed by atoms with E-state index in [9.17, 15) is 14.4 Å². The number of nitrogens with one attached hydrogen (secondary N) is 1. The highest BCUT2D eigenvalue weighted by molar-refractivity contribution is 6.06. The predicted octanol–water partition coefficient (Wildman–Crippen LogP) is 1.44. The number of aromatic amines is 1. The van der Waals surface area contributed by atoms with Crippen LogP contribution in [0.5, 0.6) is 0 Å². The highest BCUT2D eigenvalue weighted by atomic mass is 16.5. The number of pyridine rings is 1. The minimum Gasteiger partial charge on any atom is -0.458 e. The zero-order valence-electron chi connectivity index (χ0n) is 17.8. The second-order valence-corrected chi connectivity index (χ2v) is 7.26. The molecule has 3 rings (SSSR count). The van der Waals surface area contributed by atoms with Crippen molar-refractivity contribution in [2.24, 2.45) is 14.1 Å². The summed E-state index contributed by atoms with van der Waals surface area (Å²) >= 11 is 0. The van der Waals surface area contributed by atoms with Crippen LogP contribution in [-0.4, -0.2) is 35.8 Å². The van der Waals surface area contributed by atoms with Crippen molar-refractivity contribution in [3.63, 3.8) is 0 Å². The van der Waals surface area contributed by atoms with E-state index >= 15 is 0 Å². The maximum absolute atomic E-state index is 13.1. The molecule has 0 saturated heterocycles. The number of aromatic nitrogens is 3. The van der Waals surface area contributed by atoms with Gasteiger partial charge in [-0.3, -0.25) is 4.79 Å². The molecule has 0 radical (unpaired) electrons. The van der Waals surface area contributed by atoms with Crippen LogP contribution < -0.4 is 21.1 Å². The monoisotopic (exact) mass is 409 g/mol. The second-order valence-electron chi connectivity index (χ2n) is 7.26. The summed E-state index contributed by atoms with van der Waals surface area (Å²) in [5.74, 6) is -0.576. The maximum Gasteiger partial charge on any atom is 0.417 e. The summed E-state index contributed by atoms with van der Waals surface area (Å²) in [6.45, 7) is 5.33. The molecule has 1 N–H and O–H groups in total. The lowest BCUT2D eigenvalue weighted by Crippen LogP contribution is -2.40. The van der Waals surface area contributed by atoms with Crippen LogP contribution in [0.4, 0.5) is 5.69 Å². The quantitative estimate of drug-likeness (QED) is 0.470. The fourth-order valence-electron chi connectivity index (χ4n) is 3.45. The van der Waals surface area contributed by atoms with E-state index in [4.69, 9.17) is 4.74 Å². The van der Waals surface area contributed by atoms with Crippen molar-refractivity contribution < 1.29 is 14.5 Å². The molecule has 0 atom stereocenters. The van der Waals surface area contributed by atoms with Gasteiger partial charge in [0.25, 0.3) is 11.2 Å². The molecule has 30 heavy (non-hydrogen) atoms. The number of nitrogens with zero attached hydrogens (tertiary/aromatic N) is 3. The Bertz CT molecular complexity index is 1270. The lowest BCUT2D eigenvalue weighted by atomic mass is 9.95. The van der Waals surface area contributed by atoms with Gasteiger partial charge in [0.15, 0.2) is 0 Å². The molecule has 0 amide bonds. The molecule has 156 valence electrons. The molecule has 0 aliphatic rings. The second kappa shape index (κ2) is 7.98. The lowest BCUT2D eigenvalue weighted by Gasteiger charge is -2.16. The third-order valence-corrected chi connectivity index (χ3v) is 5.05. The number of carbonyl (C=O) groups excluding carboxylic acids is 1. The van der Waals surface area contributed by atoms with Crippen LogP contribution in [0.15, 0.2) is 46.5 Å². The van der Waals surface area contributed by atoms with Gasteiger partial charge in [-0.1, -0.05) is 24.8 Å². The number of benzene rings is 1. The molecule has 0 aliphatic carbocycles. The first-order chi connectivity index (χ1) is 14.2. The summed E-state index contributed by atoms with van der Waals surface area (Å²) in [5.41, 5.74) is 2.20. The van der Waals surface area contributed by atoms with E-state index in [1.165, 1.54) is 17.7 Å². The maximum atomic E-state index is 13.1. The first kappa shape index (κ1) is 21.0. The molecule has 0 spiro atoms. The largest absolute Gasteiger partial charge is 0.458 e. The van der Waals surface area contributed by atoms with Crippen LogP contribution in [-0.2, 0) is 18.8 Å². The number of aryl methyl sites for hydroxylation is 2. The molecule has 8 nitrogen and oxygen atoms in total. The normalized spacial score (nSPS) is 10.8. The van der Waals surface area contributed by atoms with Crippen molar-refractivity contribution >= 4 is 22.7 Å². The summed E-state index contributed by atoms with van der Waals surface area (Å²) in [4.78, 5) is 43.5. The van der Waals surface area contributed by atoms with E-state index < -0.39 is 17.2 Å². The van der Waals surface area contributed by atoms with Crippen LogP contribution >= 0.6 is 0 Å². The van der Waals surface area contributed by atoms with Gasteiger partial charge >= 0.3 is 11.7 Å². The Balaban J connectivity index is 2.49. The number of rotatable bonds is 5. The molecular weight excluding hydrogens is 384 g/mol. The number of carbonyl (C=O) groups is 1. The molecule has 0 bridgehead atoms. The highest BCUT2D eigenvalue weighted by Gasteiger charge is 2.28. The summed E-state index contributed by atoms with van der Waals surface area (Å²) in [6, 6.07) is 7.49. The van der Waals surface area contributed by atoms with Crippen molar-refractivity contribution in [3.05, 3.63) is 69.0 Å². The van der Waals surface area contributed by atoms with Crippen LogP contribution in [0, 0.1) is 6.92 Å². The van der Waals surface area contributed by atoms with Gasteiger partial charge in [-0.05, 0) is 24.6 Å². The van der Waals surface area contributed by atoms with Crippen molar-refractivity contribution in [1.29, 1.82) is 0 Å². The van der Waals surface area contributed by atoms with Crippen molar-refractivity contribution in [3.8, 4) is 11.1 Å². The molecular formula is C22H25N4O4+. The Labute approximate surface area is 173 Å². The average Bonchev–Trinajstić information content (AvgIpc) is 2.73. The first-order valence-corrected chi connectivity index (χ1v) is 9.40. The Hall–Kier alpha value is -3.68. The molecule has 0 unspecified atom stereocenters. The zero-order chi connectivity index (χ0) is 22.2. The SMILES string of the molecule is C=CCOC(=O)c1c(C)[nH+]c2c(c1-c1ccc(N(C)C)cc1)c(=O)n(C)c(=O)n2C. The third-order valence-electron chi connectivity index (χ3n) is 5.05. The Morgan fingerprint density at radius 2 is 1.80 bits per heavy atom. The van der Waals surface area contributed by atoms with Gasteiger partial charge < -0.3 is 9.64 Å². The molecule has 8 heteroatoms. The van der Waals surface area contributed by atoms with Gasteiger partial charge in [-0.25, -0.2) is 19.1 Å². The standard InChI is InChI=1S/C22H24N4O4/c1-7-12-30-21(28)16-13(2)23-19-18(20(27)26(6)22(29)25(19)5)17(16)14-8-10-15(11-9-14)24(3)4/h7-11H,1,12H2,2-6H3/p+1. The van der Waals surface area contributed by atoms with E-state index in [0.29, 0.717) is 22.5 Å². The van der Waals surface area contributed by atoms with E-state index in [1.807, 2.05) is 43.3 Å². The van der Waals surface area contributed by atoms with Gasteiger partial charge in [0, 0.05) is 32.4 Å². The molecule has 2 aromatic heterocycles. The summed E-state index contributed by atoms with van der Waals surface area (Å²) in [6.07, 6.45) is 1.48. The van der Waals surface area contributed by atoms with Gasteiger partial charge in [0.1, 0.15) is 23.3 Å². The predicted molar refractivity (Wildman–Crippen MR) is 116 cm³/mol. The Kier molecular flexibility index (Phi) is 5.60. The Morgan fingerprint density at radius 3 is 2.37 bits per heavy atom. The molecule has 2 heterocycles. The smallest absolute Gasteiger partial charge is 0.417 e. The van der Waals surface area contributed by atoms with Crippen LogP contribution in [0.25, 0.3) is 22.2 Å².